The van der Waals surface area contributed by atoms with Crippen molar-refractivity contribution in [3.8, 4) is 0 Å². The van der Waals surface area contributed by atoms with Gasteiger partial charge >= 0.3 is 5.97 Å². The molecule has 1 heterocycles. The minimum atomic E-state index is -0.334. The van der Waals surface area contributed by atoms with Crippen LogP contribution < -0.4 is 5.32 Å². The number of nitro groups is 1. The molecule has 2 aliphatic rings. The molecule has 0 aromatic heterocycles. The Morgan fingerprint density at radius 3 is 2.85 bits per heavy atom. The summed E-state index contributed by atoms with van der Waals surface area (Å²) in [4.78, 5) is 23.3. The third-order valence-corrected chi connectivity index (χ3v) is 5.34. The number of carbonyl (C=O) groups excluding carboxylic acids is 1. The number of nitro benzene ring substituents is 1. The van der Waals surface area contributed by atoms with Crippen molar-refractivity contribution in [2.75, 3.05) is 11.9 Å². The summed E-state index contributed by atoms with van der Waals surface area (Å²) in [6.45, 7) is 2.12. The van der Waals surface area contributed by atoms with Crippen molar-refractivity contribution in [1.29, 1.82) is 0 Å². The summed E-state index contributed by atoms with van der Waals surface area (Å²) in [6.07, 6.45) is 5.09. The van der Waals surface area contributed by atoms with Crippen molar-refractivity contribution >= 4 is 17.3 Å². The zero-order chi connectivity index (χ0) is 19.0. The Morgan fingerprint density at radius 1 is 1.26 bits per heavy atom. The lowest BCUT2D eigenvalue weighted by Gasteiger charge is -2.37. The molecular formula is C21H20N2O4. The number of ether oxygens (including phenoxy) is 1. The van der Waals surface area contributed by atoms with Gasteiger partial charge in [-0.1, -0.05) is 30.4 Å². The van der Waals surface area contributed by atoms with E-state index in [1.54, 1.807) is 25.1 Å². The van der Waals surface area contributed by atoms with Gasteiger partial charge in [-0.2, -0.15) is 0 Å². The van der Waals surface area contributed by atoms with Crippen LogP contribution in [0.2, 0.25) is 0 Å². The van der Waals surface area contributed by atoms with Crippen LogP contribution in [0.5, 0.6) is 0 Å². The van der Waals surface area contributed by atoms with Crippen molar-refractivity contribution in [3.05, 3.63) is 81.4 Å². The number of rotatable bonds is 4. The molecule has 0 saturated heterocycles. The maximum absolute atomic E-state index is 12.1. The van der Waals surface area contributed by atoms with E-state index in [1.807, 2.05) is 24.3 Å². The molecular weight excluding hydrogens is 344 g/mol. The molecule has 3 unspecified atom stereocenters. The fraction of sp³-hybridized carbons (Fsp3) is 0.286. The van der Waals surface area contributed by atoms with Crippen LogP contribution in [0.1, 0.15) is 46.8 Å². The first-order chi connectivity index (χ1) is 13.1. The molecule has 6 nitrogen and oxygen atoms in total. The van der Waals surface area contributed by atoms with Crippen LogP contribution in [-0.4, -0.2) is 17.5 Å². The highest BCUT2D eigenvalue weighted by molar-refractivity contribution is 5.90. The van der Waals surface area contributed by atoms with Crippen LogP contribution in [0.4, 0.5) is 11.4 Å². The Kier molecular flexibility index (Phi) is 4.39. The Morgan fingerprint density at radius 2 is 2.07 bits per heavy atom. The summed E-state index contributed by atoms with van der Waals surface area (Å²) < 4.78 is 5.11. The highest BCUT2D eigenvalue weighted by Gasteiger charge is 2.40. The number of anilines is 1. The summed E-state index contributed by atoms with van der Waals surface area (Å²) in [5.74, 6) is -0.0591. The van der Waals surface area contributed by atoms with E-state index in [1.165, 1.54) is 0 Å². The predicted octanol–water partition coefficient (Wildman–Crippen LogP) is 4.60. The second-order valence-electron chi connectivity index (χ2n) is 6.81. The number of hydrogen-bond acceptors (Lipinski definition) is 5. The van der Waals surface area contributed by atoms with Gasteiger partial charge in [-0.05, 0) is 43.0 Å². The first-order valence-corrected chi connectivity index (χ1v) is 9.07. The monoisotopic (exact) mass is 364 g/mol. The number of nitrogens with one attached hydrogen (secondary N) is 1. The molecule has 4 rings (SSSR count). The van der Waals surface area contributed by atoms with Crippen molar-refractivity contribution in [2.24, 2.45) is 5.92 Å². The molecule has 0 fully saturated rings. The normalized spacial score (nSPS) is 22.5. The van der Waals surface area contributed by atoms with Crippen LogP contribution in [0.15, 0.2) is 54.6 Å². The molecule has 27 heavy (non-hydrogen) atoms. The third kappa shape index (κ3) is 2.97. The zero-order valence-electron chi connectivity index (χ0n) is 14.9. The number of fused-ring (bicyclic) bond motifs is 3. The number of nitrogens with zero attached hydrogens (tertiary/aromatic N) is 1. The molecule has 138 valence electrons. The number of allylic oxidation sites excluding steroid dienone is 2. The minimum absolute atomic E-state index is 0.112. The highest BCUT2D eigenvalue weighted by Crippen LogP contribution is 2.51. The van der Waals surface area contributed by atoms with Crippen molar-refractivity contribution in [2.45, 2.75) is 25.3 Å². The van der Waals surface area contributed by atoms with E-state index in [0.717, 1.165) is 17.7 Å². The van der Waals surface area contributed by atoms with Crippen LogP contribution in [0, 0.1) is 16.0 Å². The maximum atomic E-state index is 12.1. The lowest BCUT2D eigenvalue weighted by molar-refractivity contribution is -0.385. The average molecular weight is 364 g/mol. The second kappa shape index (κ2) is 6.87. The van der Waals surface area contributed by atoms with E-state index < -0.39 is 0 Å². The van der Waals surface area contributed by atoms with Crippen LogP contribution in [-0.2, 0) is 4.74 Å². The van der Waals surface area contributed by atoms with Crippen molar-refractivity contribution < 1.29 is 14.5 Å². The highest BCUT2D eigenvalue weighted by atomic mass is 16.6. The van der Waals surface area contributed by atoms with Crippen molar-refractivity contribution in [3.63, 3.8) is 0 Å². The molecule has 0 bridgehead atoms. The molecule has 1 aliphatic heterocycles. The molecule has 1 N–H and O–H groups in total. The topological polar surface area (TPSA) is 81.5 Å². The number of esters is 1. The third-order valence-electron chi connectivity index (χ3n) is 5.34. The van der Waals surface area contributed by atoms with Crippen molar-refractivity contribution in [1.82, 2.24) is 0 Å². The summed E-state index contributed by atoms with van der Waals surface area (Å²) in [5, 5.41) is 15.0. The molecule has 0 saturated carbocycles. The summed E-state index contributed by atoms with van der Waals surface area (Å²) in [5.41, 5.74) is 3.29. The van der Waals surface area contributed by atoms with Crippen LogP contribution in [0.25, 0.3) is 0 Å². The maximum Gasteiger partial charge on any atom is 0.338 e. The van der Waals surface area contributed by atoms with Gasteiger partial charge in [0.1, 0.15) is 0 Å². The van der Waals surface area contributed by atoms with Gasteiger partial charge in [0, 0.05) is 17.7 Å². The quantitative estimate of drug-likeness (QED) is 0.371. The summed E-state index contributed by atoms with van der Waals surface area (Å²) in [6, 6.07) is 12.2. The lowest BCUT2D eigenvalue weighted by Crippen LogP contribution is -2.29. The smallest absolute Gasteiger partial charge is 0.338 e. The van der Waals surface area contributed by atoms with Gasteiger partial charge in [-0.25, -0.2) is 4.79 Å². The second-order valence-corrected chi connectivity index (χ2v) is 6.81. The van der Waals surface area contributed by atoms with Gasteiger partial charge < -0.3 is 10.1 Å². The summed E-state index contributed by atoms with van der Waals surface area (Å²) in [7, 11) is 0. The Balaban J connectivity index is 1.75. The van der Waals surface area contributed by atoms with E-state index in [2.05, 4.69) is 17.5 Å². The van der Waals surface area contributed by atoms with Gasteiger partial charge in [0.25, 0.3) is 5.69 Å². The fourth-order valence-corrected chi connectivity index (χ4v) is 4.16. The predicted molar refractivity (Wildman–Crippen MR) is 102 cm³/mol. The van der Waals surface area contributed by atoms with Gasteiger partial charge in [-0.3, -0.25) is 10.1 Å². The molecule has 0 amide bonds. The molecule has 0 radical (unpaired) electrons. The van der Waals surface area contributed by atoms with Gasteiger partial charge in [-0.15, -0.1) is 0 Å². The number of benzene rings is 2. The van der Waals surface area contributed by atoms with Gasteiger partial charge in [0.2, 0.25) is 0 Å². The first-order valence-electron chi connectivity index (χ1n) is 9.07. The van der Waals surface area contributed by atoms with E-state index in [4.69, 9.17) is 4.74 Å². The molecule has 6 heteroatoms. The Bertz CT molecular complexity index is 938. The summed E-state index contributed by atoms with van der Waals surface area (Å²) >= 11 is 0. The number of hydrogen-bond donors (Lipinski definition) is 1. The largest absolute Gasteiger partial charge is 0.462 e. The Labute approximate surface area is 157 Å². The van der Waals surface area contributed by atoms with Gasteiger partial charge in [0.15, 0.2) is 0 Å². The molecule has 2 aromatic carbocycles. The SMILES string of the molecule is CCOC(=O)c1ccc2c(c1)C1C=CCC1C(c1ccccc1[N+](=O)[O-])N2. The van der Waals surface area contributed by atoms with E-state index in [9.17, 15) is 14.9 Å². The van der Waals surface area contributed by atoms with E-state index >= 15 is 0 Å². The number of para-hydroxylation sites is 1. The average Bonchev–Trinajstić information content (AvgIpc) is 3.17. The van der Waals surface area contributed by atoms with Gasteiger partial charge in [0.05, 0.1) is 28.7 Å². The van der Waals surface area contributed by atoms with Crippen LogP contribution >= 0.6 is 0 Å². The zero-order valence-corrected chi connectivity index (χ0v) is 14.9. The van der Waals surface area contributed by atoms with E-state index in [0.29, 0.717) is 17.7 Å². The molecule has 3 atom stereocenters. The lowest BCUT2D eigenvalue weighted by atomic mass is 9.76. The standard InChI is InChI=1S/C21H20N2O4/c1-2-27-21(24)13-10-11-18-17(12-13)14-7-5-8-15(14)20(22-18)16-6-3-4-9-19(16)23(25)26/h3-7,9-12,14-15,20,22H,2,8H2,1H3. The number of carbonyl (C=O) groups is 1. The minimum Gasteiger partial charge on any atom is -0.462 e. The first kappa shape index (κ1) is 17.3. The molecule has 2 aromatic rings. The molecule has 0 spiro atoms. The Hall–Kier alpha value is -3.15. The fourth-order valence-electron chi connectivity index (χ4n) is 4.16. The molecule has 1 aliphatic carbocycles. The van der Waals surface area contributed by atoms with E-state index in [-0.39, 0.29) is 34.5 Å². The van der Waals surface area contributed by atoms with Crippen LogP contribution in [0.3, 0.4) is 0 Å².